The first-order valence-corrected chi connectivity index (χ1v) is 21.3. The molecule has 3 heterocycles. The molecule has 0 N–H and O–H groups in total. The van der Waals surface area contributed by atoms with E-state index in [1.54, 1.807) is 0 Å². The zero-order valence-electron chi connectivity index (χ0n) is 33.6. The van der Waals surface area contributed by atoms with Crippen LogP contribution in [0, 0.1) is 0 Å². The van der Waals surface area contributed by atoms with Crippen LogP contribution in [0.4, 0.5) is 11.4 Å². The lowest BCUT2D eigenvalue weighted by molar-refractivity contribution is 1.01. The Morgan fingerprint density at radius 3 is 1.00 bits per heavy atom. The van der Waals surface area contributed by atoms with Crippen LogP contribution in [-0.4, -0.2) is 21.4 Å². The molecule has 3 aliphatic rings. The summed E-state index contributed by atoms with van der Waals surface area (Å²) in [5.74, 6) is 0.302. The minimum absolute atomic E-state index is 0.151. The first-order valence-electron chi connectivity index (χ1n) is 21.3. The fourth-order valence-corrected chi connectivity index (χ4v) is 10.2. The molecule has 62 heavy (non-hydrogen) atoms. The molecule has 2 aliphatic carbocycles. The molecule has 8 aromatic carbocycles. The lowest BCUT2D eigenvalue weighted by Gasteiger charge is -2.20. The molecule has 1 aliphatic heterocycles. The number of para-hydroxylation sites is 2. The second-order valence-electron chi connectivity index (χ2n) is 16.5. The van der Waals surface area contributed by atoms with E-state index in [2.05, 4.69) is 194 Å². The smallest absolute Gasteiger partial charge is 0.116 e. The summed E-state index contributed by atoms with van der Waals surface area (Å²) in [6.07, 6.45) is 0. The standard InChI is InChI=1S/C58H36N4/c1-11-23-49-39(13-1)33-51-57(59-49)55(37-29-25-35(26-30-37)53-45-19-7-3-15-41(45)42-16-4-8-20-46(42)53)62-52-34-40-14-2-12-24-50(40)60-58(52)56(61-51)38-31-27-36(28-32-38)54-47-21-9-5-17-43(47)44-18-6-10-22-48(44)54/h1-34,53-54H. The summed E-state index contributed by atoms with van der Waals surface area (Å²) in [6.45, 7) is 0. The molecule has 4 heteroatoms. The number of hydrogen-bond donors (Lipinski definition) is 0. The predicted octanol–water partition coefficient (Wildman–Crippen LogP) is 13.8. The lowest BCUT2D eigenvalue weighted by atomic mass is 9.88. The molecule has 0 bridgehead atoms. The van der Waals surface area contributed by atoms with Gasteiger partial charge >= 0.3 is 0 Å². The zero-order chi connectivity index (χ0) is 40.7. The maximum Gasteiger partial charge on any atom is 0.116 e. The van der Waals surface area contributed by atoms with Crippen LogP contribution in [0.3, 0.4) is 0 Å². The van der Waals surface area contributed by atoms with Gasteiger partial charge in [-0.25, -0.2) is 20.0 Å². The molecule has 0 amide bonds. The van der Waals surface area contributed by atoms with Crippen molar-refractivity contribution in [3.63, 3.8) is 0 Å². The highest BCUT2D eigenvalue weighted by Gasteiger charge is 2.32. The molecule has 0 radical (unpaired) electrons. The average Bonchev–Trinajstić information content (AvgIpc) is 3.85. The van der Waals surface area contributed by atoms with Crippen LogP contribution in [-0.2, 0) is 0 Å². The van der Waals surface area contributed by atoms with Crippen molar-refractivity contribution in [2.24, 2.45) is 9.98 Å². The van der Waals surface area contributed by atoms with Gasteiger partial charge in [-0.3, -0.25) is 0 Å². The molecule has 10 aromatic rings. The number of rotatable bonds is 4. The van der Waals surface area contributed by atoms with E-state index in [9.17, 15) is 0 Å². The summed E-state index contributed by atoms with van der Waals surface area (Å²) in [7, 11) is 0. The number of hydrogen-bond acceptors (Lipinski definition) is 4. The Morgan fingerprint density at radius 2 is 0.629 bits per heavy atom. The molecule has 2 aromatic heterocycles. The van der Waals surface area contributed by atoms with Crippen molar-refractivity contribution in [2.75, 3.05) is 0 Å². The van der Waals surface area contributed by atoms with Gasteiger partial charge in [0.15, 0.2) is 0 Å². The third-order valence-corrected chi connectivity index (χ3v) is 13.0. The number of pyridine rings is 2. The molecule has 0 unspecified atom stereocenters. The van der Waals surface area contributed by atoms with Gasteiger partial charge in [-0.15, -0.1) is 0 Å². The van der Waals surface area contributed by atoms with Crippen molar-refractivity contribution in [1.29, 1.82) is 0 Å². The Bertz CT molecular complexity index is 3200. The largest absolute Gasteiger partial charge is 0.244 e. The van der Waals surface area contributed by atoms with Crippen molar-refractivity contribution in [3.05, 3.63) is 262 Å². The van der Waals surface area contributed by atoms with Crippen molar-refractivity contribution < 1.29 is 0 Å². The molecule has 0 saturated carbocycles. The summed E-state index contributed by atoms with van der Waals surface area (Å²) in [4.78, 5) is 21.9. The fraction of sp³-hybridized carbons (Fsp3) is 0.0345. The Kier molecular flexibility index (Phi) is 7.70. The highest BCUT2D eigenvalue weighted by Crippen LogP contribution is 2.49. The van der Waals surface area contributed by atoms with Crippen LogP contribution in [0.5, 0.6) is 0 Å². The predicted molar refractivity (Wildman–Crippen MR) is 253 cm³/mol. The van der Waals surface area contributed by atoms with Crippen molar-refractivity contribution in [3.8, 4) is 22.3 Å². The minimum atomic E-state index is 0.151. The van der Waals surface area contributed by atoms with Crippen LogP contribution in [0.1, 0.15) is 67.7 Å². The summed E-state index contributed by atoms with van der Waals surface area (Å²) < 4.78 is 0. The van der Waals surface area contributed by atoms with Gasteiger partial charge < -0.3 is 0 Å². The molecule has 0 saturated heterocycles. The summed E-state index contributed by atoms with van der Waals surface area (Å²) >= 11 is 0. The topological polar surface area (TPSA) is 50.5 Å². The summed E-state index contributed by atoms with van der Waals surface area (Å²) in [6, 6.07) is 73.8. The number of nitrogens with zero attached hydrogens (tertiary/aromatic N) is 4. The zero-order valence-corrected chi connectivity index (χ0v) is 33.6. The Hall–Kier alpha value is -8.08. The highest BCUT2D eigenvalue weighted by molar-refractivity contribution is 6.22. The van der Waals surface area contributed by atoms with E-state index in [0.29, 0.717) is 0 Å². The van der Waals surface area contributed by atoms with E-state index < -0.39 is 0 Å². The van der Waals surface area contributed by atoms with E-state index in [1.165, 1.54) is 55.6 Å². The van der Waals surface area contributed by atoms with Gasteiger partial charge in [0.1, 0.15) is 11.4 Å². The van der Waals surface area contributed by atoms with Crippen LogP contribution in [0.15, 0.2) is 216 Å². The van der Waals surface area contributed by atoms with E-state index in [4.69, 9.17) is 20.0 Å². The van der Waals surface area contributed by atoms with E-state index in [-0.39, 0.29) is 11.8 Å². The molecule has 288 valence electrons. The molecule has 13 rings (SSSR count). The number of benzene rings is 8. The molecular weight excluding hydrogens is 753 g/mol. The van der Waals surface area contributed by atoms with Gasteiger partial charge in [0.05, 0.1) is 33.8 Å². The lowest BCUT2D eigenvalue weighted by Crippen LogP contribution is -2.13. The Morgan fingerprint density at radius 1 is 0.306 bits per heavy atom. The second kappa shape index (κ2) is 13.7. The van der Waals surface area contributed by atoms with Gasteiger partial charge in [-0.05, 0) is 79.9 Å². The Balaban J connectivity index is 0.979. The first-order chi connectivity index (χ1) is 30.7. The highest BCUT2D eigenvalue weighted by atomic mass is 14.9. The third-order valence-electron chi connectivity index (χ3n) is 13.0. The third kappa shape index (κ3) is 5.40. The maximum atomic E-state index is 5.58. The normalized spacial score (nSPS) is 13.9. The van der Waals surface area contributed by atoms with Gasteiger partial charge in [0.25, 0.3) is 0 Å². The van der Waals surface area contributed by atoms with Crippen LogP contribution >= 0.6 is 0 Å². The van der Waals surface area contributed by atoms with Crippen LogP contribution < -0.4 is 0 Å². The Labute approximate surface area is 359 Å². The molecular formula is C58H36N4. The molecule has 4 nitrogen and oxygen atoms in total. The second-order valence-corrected chi connectivity index (χ2v) is 16.5. The van der Waals surface area contributed by atoms with Crippen molar-refractivity contribution in [2.45, 2.75) is 11.8 Å². The summed E-state index contributed by atoms with van der Waals surface area (Å²) in [5.41, 5.74) is 21.3. The molecule has 0 atom stereocenters. The minimum Gasteiger partial charge on any atom is -0.244 e. The quantitative estimate of drug-likeness (QED) is 0.178. The van der Waals surface area contributed by atoms with Gasteiger partial charge in [0.2, 0.25) is 0 Å². The average molecular weight is 789 g/mol. The summed E-state index contributed by atoms with van der Waals surface area (Å²) in [5, 5.41) is 2.03. The SMILES string of the molecule is c1ccc2c(c1)-c1ccccc1C2c1ccc(C2=Nc3cc4ccccc4nc3C(c3ccc(C4c5ccccc5-c5ccccc54)cc3)=Nc3cc4ccccc4nc32)cc1. The van der Waals surface area contributed by atoms with Crippen molar-refractivity contribution in [1.82, 2.24) is 9.97 Å². The van der Waals surface area contributed by atoms with Gasteiger partial charge in [-0.1, -0.05) is 182 Å². The fourth-order valence-electron chi connectivity index (χ4n) is 10.2. The van der Waals surface area contributed by atoms with Gasteiger partial charge in [-0.2, -0.15) is 0 Å². The monoisotopic (exact) mass is 788 g/mol. The first kappa shape index (κ1) is 34.8. The maximum absolute atomic E-state index is 5.58. The molecule has 0 fully saturated rings. The number of aliphatic imine (C=N–C) groups is 2. The van der Waals surface area contributed by atoms with E-state index in [1.807, 2.05) is 12.1 Å². The van der Waals surface area contributed by atoms with E-state index in [0.717, 1.165) is 67.1 Å². The van der Waals surface area contributed by atoms with Crippen LogP contribution in [0.25, 0.3) is 44.1 Å². The van der Waals surface area contributed by atoms with Gasteiger partial charge in [0, 0.05) is 33.7 Å². The van der Waals surface area contributed by atoms with Crippen LogP contribution in [0.2, 0.25) is 0 Å². The van der Waals surface area contributed by atoms with Crippen molar-refractivity contribution >= 4 is 44.6 Å². The molecule has 0 spiro atoms. The number of fused-ring (bicyclic) bond motifs is 10. The number of aromatic nitrogens is 2. The van der Waals surface area contributed by atoms with E-state index >= 15 is 0 Å².